The fourth-order valence-electron chi connectivity index (χ4n) is 3.20. The van der Waals surface area contributed by atoms with E-state index in [4.69, 9.17) is 0 Å². The van der Waals surface area contributed by atoms with Crippen molar-refractivity contribution in [1.82, 2.24) is 4.90 Å². The molecule has 0 radical (unpaired) electrons. The van der Waals surface area contributed by atoms with Crippen molar-refractivity contribution in [2.24, 2.45) is 5.92 Å². The molecular weight excluding hydrogens is 198 g/mol. The van der Waals surface area contributed by atoms with Gasteiger partial charge in [0.05, 0.1) is 6.10 Å². The van der Waals surface area contributed by atoms with E-state index in [9.17, 15) is 5.11 Å². The Balaban J connectivity index is 1.88. The van der Waals surface area contributed by atoms with Crippen LogP contribution in [0, 0.1) is 5.92 Å². The van der Waals surface area contributed by atoms with Gasteiger partial charge >= 0.3 is 0 Å². The fourth-order valence-corrected chi connectivity index (χ4v) is 3.20. The molecule has 0 amide bonds. The molecule has 0 aromatic heterocycles. The summed E-state index contributed by atoms with van der Waals surface area (Å²) in [5.74, 6) is 0.926. The molecule has 1 N–H and O–H groups in total. The molecule has 0 heterocycles. The Morgan fingerprint density at radius 2 is 1.75 bits per heavy atom. The maximum absolute atomic E-state index is 10.2. The van der Waals surface area contributed by atoms with Gasteiger partial charge in [-0.2, -0.15) is 0 Å². The van der Waals surface area contributed by atoms with Crippen LogP contribution in [0.3, 0.4) is 0 Å². The molecule has 2 aliphatic rings. The molecular formula is C14H27NO. The minimum atomic E-state index is -0.0671. The van der Waals surface area contributed by atoms with Gasteiger partial charge in [0, 0.05) is 12.6 Å². The van der Waals surface area contributed by atoms with E-state index in [1.807, 2.05) is 0 Å². The molecule has 0 aromatic rings. The van der Waals surface area contributed by atoms with Gasteiger partial charge in [-0.3, -0.25) is 4.90 Å². The molecule has 0 aliphatic heterocycles. The smallest absolute Gasteiger partial charge is 0.0695 e. The Bertz CT molecular complexity index is 203. The van der Waals surface area contributed by atoms with E-state index in [2.05, 4.69) is 11.8 Å². The predicted octanol–water partition coefficient (Wildman–Crippen LogP) is 2.80. The number of hydrogen-bond donors (Lipinski definition) is 1. The number of aliphatic hydroxyl groups is 1. The van der Waals surface area contributed by atoms with Crippen molar-refractivity contribution in [2.45, 2.75) is 70.4 Å². The molecule has 2 fully saturated rings. The maximum Gasteiger partial charge on any atom is 0.0695 e. The lowest BCUT2D eigenvalue weighted by Crippen LogP contribution is -2.46. The van der Waals surface area contributed by atoms with Gasteiger partial charge in [0.15, 0.2) is 0 Å². The summed E-state index contributed by atoms with van der Waals surface area (Å²) in [4.78, 5) is 2.56. The molecule has 2 nitrogen and oxygen atoms in total. The average molecular weight is 225 g/mol. The molecule has 2 aliphatic carbocycles. The highest BCUT2D eigenvalue weighted by molar-refractivity contribution is 4.84. The van der Waals surface area contributed by atoms with Crippen LogP contribution in [0.5, 0.6) is 0 Å². The first kappa shape index (κ1) is 12.4. The number of likely N-dealkylation sites (N-methyl/N-ethyl adjacent to an activating group) is 1. The molecule has 0 saturated heterocycles. The zero-order chi connectivity index (χ0) is 11.4. The van der Waals surface area contributed by atoms with E-state index in [0.717, 1.165) is 18.9 Å². The molecule has 2 heteroatoms. The SMILES string of the molecule is CCN(CC1CCC1)C1CCCCCC1O. The molecule has 0 bridgehead atoms. The second-order valence-electron chi connectivity index (χ2n) is 5.66. The third kappa shape index (κ3) is 2.98. The topological polar surface area (TPSA) is 23.5 Å². The van der Waals surface area contributed by atoms with Crippen LogP contribution in [0.25, 0.3) is 0 Å². The first-order valence-corrected chi connectivity index (χ1v) is 7.23. The highest BCUT2D eigenvalue weighted by Crippen LogP contribution is 2.30. The summed E-state index contributed by atoms with van der Waals surface area (Å²) in [7, 11) is 0. The van der Waals surface area contributed by atoms with Crippen molar-refractivity contribution >= 4 is 0 Å². The first-order chi connectivity index (χ1) is 7.81. The van der Waals surface area contributed by atoms with Crippen molar-refractivity contribution in [3.63, 3.8) is 0 Å². The maximum atomic E-state index is 10.2. The zero-order valence-electron chi connectivity index (χ0n) is 10.7. The van der Waals surface area contributed by atoms with E-state index in [1.165, 1.54) is 51.5 Å². The lowest BCUT2D eigenvalue weighted by atomic mass is 9.84. The third-order valence-electron chi connectivity index (χ3n) is 4.54. The molecule has 94 valence electrons. The van der Waals surface area contributed by atoms with Gasteiger partial charge in [-0.25, -0.2) is 0 Å². The van der Waals surface area contributed by atoms with Crippen molar-refractivity contribution in [2.75, 3.05) is 13.1 Å². The zero-order valence-corrected chi connectivity index (χ0v) is 10.7. The van der Waals surface area contributed by atoms with Crippen LogP contribution in [-0.2, 0) is 0 Å². The van der Waals surface area contributed by atoms with Gasteiger partial charge in [-0.15, -0.1) is 0 Å². The number of nitrogens with zero attached hydrogens (tertiary/aromatic N) is 1. The van der Waals surface area contributed by atoms with E-state index in [1.54, 1.807) is 0 Å². The summed E-state index contributed by atoms with van der Waals surface area (Å²) in [6.07, 6.45) is 10.3. The van der Waals surface area contributed by atoms with Gasteiger partial charge in [-0.1, -0.05) is 32.6 Å². The highest BCUT2D eigenvalue weighted by Gasteiger charge is 2.29. The second-order valence-corrected chi connectivity index (χ2v) is 5.66. The molecule has 16 heavy (non-hydrogen) atoms. The standard InChI is InChI=1S/C14H27NO/c1-2-15(11-12-7-6-8-12)13-9-4-3-5-10-14(13)16/h12-14,16H,2-11H2,1H3. The van der Waals surface area contributed by atoms with E-state index in [0.29, 0.717) is 6.04 Å². The van der Waals surface area contributed by atoms with E-state index >= 15 is 0 Å². The van der Waals surface area contributed by atoms with Crippen LogP contribution in [0.15, 0.2) is 0 Å². The molecule has 2 rings (SSSR count). The quantitative estimate of drug-likeness (QED) is 0.744. The van der Waals surface area contributed by atoms with Gasteiger partial charge in [-0.05, 0) is 38.1 Å². The summed E-state index contributed by atoms with van der Waals surface area (Å²) in [5.41, 5.74) is 0. The van der Waals surface area contributed by atoms with Crippen LogP contribution in [0.4, 0.5) is 0 Å². The van der Waals surface area contributed by atoms with Crippen LogP contribution in [0.1, 0.15) is 58.3 Å². The van der Waals surface area contributed by atoms with Gasteiger partial charge < -0.3 is 5.11 Å². The lowest BCUT2D eigenvalue weighted by Gasteiger charge is -2.38. The van der Waals surface area contributed by atoms with Gasteiger partial charge in [0.2, 0.25) is 0 Å². The van der Waals surface area contributed by atoms with E-state index < -0.39 is 0 Å². The minimum absolute atomic E-state index is 0.0671. The molecule has 0 aromatic carbocycles. The molecule has 0 spiro atoms. The van der Waals surface area contributed by atoms with Crippen LogP contribution < -0.4 is 0 Å². The number of rotatable bonds is 4. The normalized spacial score (nSPS) is 32.4. The second kappa shape index (κ2) is 6.02. The predicted molar refractivity (Wildman–Crippen MR) is 67.5 cm³/mol. The number of aliphatic hydroxyl groups excluding tert-OH is 1. The van der Waals surface area contributed by atoms with Gasteiger partial charge in [0.25, 0.3) is 0 Å². The fraction of sp³-hybridized carbons (Fsp3) is 1.00. The lowest BCUT2D eigenvalue weighted by molar-refractivity contribution is 0.0305. The minimum Gasteiger partial charge on any atom is -0.391 e. The Hall–Kier alpha value is -0.0800. The van der Waals surface area contributed by atoms with Crippen LogP contribution >= 0.6 is 0 Å². The Morgan fingerprint density at radius 1 is 1.00 bits per heavy atom. The summed E-state index contributed by atoms with van der Waals surface area (Å²) >= 11 is 0. The average Bonchev–Trinajstić information content (AvgIpc) is 2.43. The summed E-state index contributed by atoms with van der Waals surface area (Å²) in [6, 6.07) is 0.452. The summed E-state index contributed by atoms with van der Waals surface area (Å²) in [6.45, 7) is 4.59. The molecule has 2 saturated carbocycles. The molecule has 2 atom stereocenters. The van der Waals surface area contributed by atoms with E-state index in [-0.39, 0.29) is 6.10 Å². The Morgan fingerprint density at radius 3 is 2.38 bits per heavy atom. The monoisotopic (exact) mass is 225 g/mol. The largest absolute Gasteiger partial charge is 0.391 e. The van der Waals surface area contributed by atoms with Crippen LogP contribution in [0.2, 0.25) is 0 Å². The highest BCUT2D eigenvalue weighted by atomic mass is 16.3. The van der Waals surface area contributed by atoms with Gasteiger partial charge in [0.1, 0.15) is 0 Å². The van der Waals surface area contributed by atoms with Crippen molar-refractivity contribution in [3.8, 4) is 0 Å². The third-order valence-corrected chi connectivity index (χ3v) is 4.54. The van der Waals surface area contributed by atoms with Crippen molar-refractivity contribution in [1.29, 1.82) is 0 Å². The summed E-state index contributed by atoms with van der Waals surface area (Å²) in [5, 5.41) is 10.2. The van der Waals surface area contributed by atoms with Crippen LogP contribution in [-0.4, -0.2) is 35.2 Å². The Kier molecular flexibility index (Phi) is 4.66. The summed E-state index contributed by atoms with van der Waals surface area (Å²) < 4.78 is 0. The van der Waals surface area contributed by atoms with Crippen molar-refractivity contribution in [3.05, 3.63) is 0 Å². The van der Waals surface area contributed by atoms with Crippen molar-refractivity contribution < 1.29 is 5.11 Å². The molecule has 2 unspecified atom stereocenters. The first-order valence-electron chi connectivity index (χ1n) is 7.23. The number of hydrogen-bond acceptors (Lipinski definition) is 2. The Labute approximate surface area is 100 Å².